The van der Waals surface area contributed by atoms with Gasteiger partial charge in [-0.05, 0) is 41.1 Å². The Balaban J connectivity index is 2.13. The molecular formula is C13H18FIN2. The highest BCUT2D eigenvalue weighted by molar-refractivity contribution is 14.1. The second-order valence-corrected chi connectivity index (χ2v) is 5.54. The molecule has 2 rings (SSSR count). The van der Waals surface area contributed by atoms with Crippen LogP contribution in [0, 0.1) is 9.39 Å². The number of hydrogen-bond donors (Lipinski definition) is 1. The van der Waals surface area contributed by atoms with Crippen molar-refractivity contribution >= 4 is 28.3 Å². The van der Waals surface area contributed by atoms with Crippen LogP contribution in [0.3, 0.4) is 0 Å². The zero-order valence-corrected chi connectivity index (χ0v) is 12.2. The van der Waals surface area contributed by atoms with Gasteiger partial charge >= 0.3 is 0 Å². The van der Waals surface area contributed by atoms with E-state index in [-0.39, 0.29) is 5.82 Å². The Bertz CT molecular complexity index is 382. The van der Waals surface area contributed by atoms with Crippen molar-refractivity contribution in [1.29, 1.82) is 0 Å². The molecule has 1 fully saturated rings. The minimum Gasteiger partial charge on any atom is -0.368 e. The largest absolute Gasteiger partial charge is 0.368 e. The van der Waals surface area contributed by atoms with Crippen LogP contribution in [0.25, 0.3) is 0 Å². The molecule has 1 heterocycles. The van der Waals surface area contributed by atoms with Crippen LogP contribution < -0.4 is 10.2 Å². The SMILES string of the molecule is CCCC1CN(c2cccc(F)c2I)CCN1. The predicted molar refractivity (Wildman–Crippen MR) is 78.0 cm³/mol. The minimum absolute atomic E-state index is 0.117. The molecule has 1 N–H and O–H groups in total. The molecule has 0 bridgehead atoms. The molecule has 4 heteroatoms. The van der Waals surface area contributed by atoms with Crippen molar-refractivity contribution < 1.29 is 4.39 Å². The molecule has 0 spiro atoms. The van der Waals surface area contributed by atoms with Crippen LogP contribution in [0.15, 0.2) is 18.2 Å². The van der Waals surface area contributed by atoms with Crippen molar-refractivity contribution in [3.05, 3.63) is 27.6 Å². The molecule has 1 aliphatic rings. The van der Waals surface area contributed by atoms with Crippen molar-refractivity contribution in [2.75, 3.05) is 24.5 Å². The van der Waals surface area contributed by atoms with E-state index in [1.807, 2.05) is 6.07 Å². The van der Waals surface area contributed by atoms with Crippen LogP contribution in [0.2, 0.25) is 0 Å². The molecule has 1 aliphatic heterocycles. The van der Waals surface area contributed by atoms with Gasteiger partial charge in [0.2, 0.25) is 0 Å². The molecule has 17 heavy (non-hydrogen) atoms. The fraction of sp³-hybridized carbons (Fsp3) is 0.538. The third-order valence-electron chi connectivity index (χ3n) is 3.16. The Morgan fingerprint density at radius 2 is 2.35 bits per heavy atom. The van der Waals surface area contributed by atoms with Crippen molar-refractivity contribution in [3.63, 3.8) is 0 Å². The van der Waals surface area contributed by atoms with Crippen LogP contribution in [0.5, 0.6) is 0 Å². The molecule has 2 nitrogen and oxygen atoms in total. The first kappa shape index (κ1) is 13.1. The van der Waals surface area contributed by atoms with Gasteiger partial charge in [-0.2, -0.15) is 0 Å². The molecule has 1 unspecified atom stereocenters. The lowest BCUT2D eigenvalue weighted by atomic mass is 10.1. The van der Waals surface area contributed by atoms with Gasteiger partial charge < -0.3 is 10.2 Å². The van der Waals surface area contributed by atoms with E-state index < -0.39 is 0 Å². The lowest BCUT2D eigenvalue weighted by molar-refractivity contribution is 0.430. The molecule has 0 radical (unpaired) electrons. The Hall–Kier alpha value is -0.360. The van der Waals surface area contributed by atoms with E-state index in [0.717, 1.165) is 28.9 Å². The average molecular weight is 348 g/mol. The molecule has 0 amide bonds. The van der Waals surface area contributed by atoms with Crippen LogP contribution in [-0.2, 0) is 0 Å². The topological polar surface area (TPSA) is 15.3 Å². The molecule has 1 atom stereocenters. The maximum atomic E-state index is 13.5. The summed E-state index contributed by atoms with van der Waals surface area (Å²) in [7, 11) is 0. The second kappa shape index (κ2) is 6.00. The van der Waals surface area contributed by atoms with E-state index in [4.69, 9.17) is 0 Å². The van der Waals surface area contributed by atoms with E-state index in [1.54, 1.807) is 6.07 Å². The third kappa shape index (κ3) is 3.10. The van der Waals surface area contributed by atoms with Crippen LogP contribution in [-0.4, -0.2) is 25.7 Å². The Morgan fingerprint density at radius 3 is 3.12 bits per heavy atom. The highest BCUT2D eigenvalue weighted by Crippen LogP contribution is 2.26. The third-order valence-corrected chi connectivity index (χ3v) is 4.23. The van der Waals surface area contributed by atoms with E-state index >= 15 is 0 Å². The van der Waals surface area contributed by atoms with E-state index in [1.165, 1.54) is 18.9 Å². The molecule has 1 aromatic carbocycles. The van der Waals surface area contributed by atoms with Gasteiger partial charge in [0.25, 0.3) is 0 Å². The summed E-state index contributed by atoms with van der Waals surface area (Å²) in [5.74, 6) is -0.117. The first-order valence-corrected chi connectivity index (χ1v) is 7.22. The van der Waals surface area contributed by atoms with Crippen molar-refractivity contribution in [1.82, 2.24) is 5.32 Å². The number of nitrogens with zero attached hydrogens (tertiary/aromatic N) is 1. The lowest BCUT2D eigenvalue weighted by Crippen LogP contribution is -2.50. The van der Waals surface area contributed by atoms with Gasteiger partial charge in [0.05, 0.1) is 9.26 Å². The number of anilines is 1. The summed E-state index contributed by atoms with van der Waals surface area (Å²) in [5.41, 5.74) is 1.04. The van der Waals surface area contributed by atoms with Crippen molar-refractivity contribution in [2.45, 2.75) is 25.8 Å². The summed E-state index contributed by atoms with van der Waals surface area (Å²) in [6, 6.07) is 5.87. The Labute approximate surface area is 116 Å². The maximum Gasteiger partial charge on any atom is 0.138 e. The summed E-state index contributed by atoms with van der Waals surface area (Å²) in [5, 5.41) is 3.52. The highest BCUT2D eigenvalue weighted by Gasteiger charge is 2.20. The smallest absolute Gasteiger partial charge is 0.138 e. The first-order valence-electron chi connectivity index (χ1n) is 6.14. The summed E-state index contributed by atoms with van der Waals surface area (Å²) in [6.07, 6.45) is 2.37. The summed E-state index contributed by atoms with van der Waals surface area (Å²) < 4.78 is 14.3. The molecule has 1 aromatic rings. The number of nitrogens with one attached hydrogen (secondary N) is 1. The number of piperazine rings is 1. The van der Waals surface area contributed by atoms with Gasteiger partial charge in [0.15, 0.2) is 0 Å². The molecule has 0 aliphatic carbocycles. The quantitative estimate of drug-likeness (QED) is 0.845. The molecule has 1 saturated heterocycles. The lowest BCUT2D eigenvalue weighted by Gasteiger charge is -2.35. The fourth-order valence-electron chi connectivity index (χ4n) is 2.32. The van der Waals surface area contributed by atoms with Gasteiger partial charge in [-0.15, -0.1) is 0 Å². The van der Waals surface area contributed by atoms with Gasteiger partial charge in [0.1, 0.15) is 5.82 Å². The van der Waals surface area contributed by atoms with Crippen LogP contribution in [0.4, 0.5) is 10.1 Å². The number of benzene rings is 1. The highest BCUT2D eigenvalue weighted by atomic mass is 127. The second-order valence-electron chi connectivity index (χ2n) is 4.46. The van der Waals surface area contributed by atoms with Crippen molar-refractivity contribution in [3.8, 4) is 0 Å². The number of halogens is 2. The van der Waals surface area contributed by atoms with Gasteiger partial charge in [-0.1, -0.05) is 19.4 Å². The van der Waals surface area contributed by atoms with Crippen LogP contribution >= 0.6 is 22.6 Å². The number of rotatable bonds is 3. The zero-order valence-electron chi connectivity index (χ0n) is 10.0. The number of hydrogen-bond acceptors (Lipinski definition) is 2. The molecular weight excluding hydrogens is 330 g/mol. The van der Waals surface area contributed by atoms with E-state index in [0.29, 0.717) is 6.04 Å². The Morgan fingerprint density at radius 1 is 1.53 bits per heavy atom. The molecule has 0 saturated carbocycles. The van der Waals surface area contributed by atoms with Gasteiger partial charge in [0, 0.05) is 25.7 Å². The first-order chi connectivity index (χ1) is 8.22. The summed E-state index contributed by atoms with van der Waals surface area (Å²) in [6.45, 7) is 5.12. The summed E-state index contributed by atoms with van der Waals surface area (Å²) >= 11 is 2.10. The maximum absolute atomic E-state index is 13.5. The summed E-state index contributed by atoms with van der Waals surface area (Å²) in [4.78, 5) is 2.29. The normalized spacial score (nSPS) is 20.6. The molecule has 94 valence electrons. The fourth-order valence-corrected chi connectivity index (χ4v) is 3.02. The minimum atomic E-state index is -0.117. The monoisotopic (exact) mass is 348 g/mol. The van der Waals surface area contributed by atoms with Gasteiger partial charge in [-0.3, -0.25) is 0 Å². The van der Waals surface area contributed by atoms with E-state index in [9.17, 15) is 4.39 Å². The van der Waals surface area contributed by atoms with E-state index in [2.05, 4.69) is 39.7 Å². The van der Waals surface area contributed by atoms with Crippen LogP contribution in [0.1, 0.15) is 19.8 Å². The Kier molecular flexibility index (Phi) is 4.62. The van der Waals surface area contributed by atoms with Gasteiger partial charge in [-0.25, -0.2) is 4.39 Å². The standard InChI is InChI=1S/C13H18FIN2/c1-2-4-10-9-17(8-7-16-10)12-6-3-5-11(14)13(12)15/h3,5-6,10,16H,2,4,7-9H2,1H3. The predicted octanol–water partition coefficient (Wildman–Crippen LogP) is 3.01. The average Bonchev–Trinajstić information content (AvgIpc) is 2.33. The van der Waals surface area contributed by atoms with Crippen molar-refractivity contribution in [2.24, 2.45) is 0 Å². The molecule has 0 aromatic heterocycles. The zero-order chi connectivity index (χ0) is 12.3.